The lowest BCUT2D eigenvalue weighted by Crippen LogP contribution is -2.17. The molecule has 1 aliphatic heterocycles. The number of rotatable bonds is 3. The molecule has 2 heterocycles. The highest BCUT2D eigenvalue weighted by Crippen LogP contribution is 2.34. The molecule has 1 saturated heterocycles. The first-order valence-electron chi connectivity index (χ1n) is 5.58. The van der Waals surface area contributed by atoms with Crippen LogP contribution in [0.1, 0.15) is 41.6 Å². The highest BCUT2D eigenvalue weighted by atomic mass is 32.1. The molecular weight excluding hydrogens is 206 g/mol. The molecule has 84 valence electrons. The van der Waals surface area contributed by atoms with Crippen LogP contribution >= 0.6 is 11.3 Å². The lowest BCUT2D eigenvalue weighted by atomic mass is 10.2. The average molecular weight is 225 g/mol. The Balaban J connectivity index is 2.12. The Morgan fingerprint density at radius 2 is 2.53 bits per heavy atom. The number of nitrogens with zero attached hydrogens (tertiary/aromatic N) is 2. The van der Waals surface area contributed by atoms with Gasteiger partial charge in [-0.05, 0) is 33.0 Å². The van der Waals surface area contributed by atoms with Crippen LogP contribution in [0, 0.1) is 0 Å². The van der Waals surface area contributed by atoms with Crippen molar-refractivity contribution in [2.75, 3.05) is 20.1 Å². The molecule has 1 aromatic rings. The Morgan fingerprint density at radius 3 is 3.13 bits per heavy atom. The fourth-order valence-electron chi connectivity index (χ4n) is 2.02. The third-order valence-electron chi connectivity index (χ3n) is 3.19. The van der Waals surface area contributed by atoms with Crippen molar-refractivity contribution in [3.63, 3.8) is 0 Å². The Labute approximate surface area is 95.3 Å². The summed E-state index contributed by atoms with van der Waals surface area (Å²) in [6.45, 7) is 4.07. The molecule has 4 heteroatoms. The van der Waals surface area contributed by atoms with E-state index in [0.29, 0.717) is 18.5 Å². The zero-order valence-electron chi connectivity index (χ0n) is 9.44. The number of nitrogens with two attached hydrogens (primary N) is 1. The van der Waals surface area contributed by atoms with Gasteiger partial charge in [0.15, 0.2) is 0 Å². The van der Waals surface area contributed by atoms with Crippen LogP contribution in [-0.4, -0.2) is 30.0 Å². The van der Waals surface area contributed by atoms with Gasteiger partial charge in [-0.3, -0.25) is 4.90 Å². The van der Waals surface area contributed by atoms with Crippen LogP contribution in [0.2, 0.25) is 0 Å². The zero-order valence-corrected chi connectivity index (χ0v) is 10.3. The summed E-state index contributed by atoms with van der Waals surface area (Å²) >= 11 is 1.83. The molecule has 0 radical (unpaired) electrons. The van der Waals surface area contributed by atoms with Crippen molar-refractivity contribution >= 4 is 11.3 Å². The lowest BCUT2D eigenvalue weighted by Gasteiger charge is -2.16. The Kier molecular flexibility index (Phi) is 3.38. The first-order chi connectivity index (χ1) is 7.22. The molecule has 1 fully saturated rings. The van der Waals surface area contributed by atoms with Gasteiger partial charge in [0, 0.05) is 17.0 Å². The molecule has 2 unspecified atom stereocenters. The van der Waals surface area contributed by atoms with Crippen LogP contribution in [-0.2, 0) is 0 Å². The van der Waals surface area contributed by atoms with E-state index in [9.17, 15) is 0 Å². The van der Waals surface area contributed by atoms with Crippen molar-refractivity contribution in [3.8, 4) is 0 Å². The number of likely N-dealkylation sites (tertiary alicyclic amines) is 1. The smallest absolute Gasteiger partial charge is 0.110 e. The lowest BCUT2D eigenvalue weighted by molar-refractivity contribution is 0.316. The molecule has 0 aromatic carbocycles. The summed E-state index contributed by atoms with van der Waals surface area (Å²) in [5, 5.41) is 1.27. The average Bonchev–Trinajstić information content (AvgIpc) is 2.84. The van der Waals surface area contributed by atoms with E-state index in [1.165, 1.54) is 29.3 Å². The Morgan fingerprint density at radius 1 is 1.73 bits per heavy atom. The second-order valence-electron chi connectivity index (χ2n) is 4.38. The largest absolute Gasteiger partial charge is 0.330 e. The first kappa shape index (κ1) is 11.0. The maximum absolute atomic E-state index is 5.66. The molecule has 3 nitrogen and oxygen atoms in total. The van der Waals surface area contributed by atoms with E-state index in [-0.39, 0.29) is 0 Å². The summed E-state index contributed by atoms with van der Waals surface area (Å²) in [6.07, 6.45) is 4.55. The fourth-order valence-corrected chi connectivity index (χ4v) is 3.20. The minimum atomic E-state index is 0.447. The normalized spacial score (nSPS) is 24.6. The number of aromatic nitrogens is 1. The summed E-state index contributed by atoms with van der Waals surface area (Å²) in [6, 6.07) is 0.550. The van der Waals surface area contributed by atoms with E-state index in [2.05, 4.69) is 23.9 Å². The molecule has 1 aromatic heterocycles. The molecule has 2 atom stereocenters. The summed E-state index contributed by atoms with van der Waals surface area (Å²) < 4.78 is 0. The van der Waals surface area contributed by atoms with Gasteiger partial charge in [-0.15, -0.1) is 11.3 Å². The predicted molar refractivity (Wildman–Crippen MR) is 64.2 cm³/mol. The first-order valence-corrected chi connectivity index (χ1v) is 6.40. The van der Waals surface area contributed by atoms with E-state index >= 15 is 0 Å². The number of thiazole rings is 1. The van der Waals surface area contributed by atoms with Crippen molar-refractivity contribution in [1.82, 2.24) is 9.88 Å². The fraction of sp³-hybridized carbons (Fsp3) is 0.727. The number of hydrogen-bond donors (Lipinski definition) is 1. The SMILES string of the molecule is CC(CN)c1cnc(C2CCCN2C)s1. The van der Waals surface area contributed by atoms with E-state index in [1.807, 2.05) is 17.5 Å². The van der Waals surface area contributed by atoms with Crippen LogP contribution in [0.5, 0.6) is 0 Å². The maximum atomic E-state index is 5.66. The van der Waals surface area contributed by atoms with E-state index in [1.54, 1.807) is 0 Å². The molecule has 0 spiro atoms. The molecule has 2 N–H and O–H groups in total. The monoisotopic (exact) mass is 225 g/mol. The minimum Gasteiger partial charge on any atom is -0.330 e. The van der Waals surface area contributed by atoms with Crippen molar-refractivity contribution in [2.24, 2.45) is 5.73 Å². The van der Waals surface area contributed by atoms with E-state index < -0.39 is 0 Å². The molecule has 1 aliphatic rings. The summed E-state index contributed by atoms with van der Waals surface area (Å²) in [5.74, 6) is 0.447. The van der Waals surface area contributed by atoms with Gasteiger partial charge in [-0.1, -0.05) is 6.92 Å². The third-order valence-corrected chi connectivity index (χ3v) is 4.52. The van der Waals surface area contributed by atoms with Crippen LogP contribution in [0.4, 0.5) is 0 Å². The van der Waals surface area contributed by atoms with Gasteiger partial charge in [0.25, 0.3) is 0 Å². The minimum absolute atomic E-state index is 0.447. The van der Waals surface area contributed by atoms with Gasteiger partial charge in [-0.2, -0.15) is 0 Å². The van der Waals surface area contributed by atoms with Crippen molar-refractivity contribution < 1.29 is 0 Å². The zero-order chi connectivity index (χ0) is 10.8. The van der Waals surface area contributed by atoms with Gasteiger partial charge in [0.2, 0.25) is 0 Å². The Hall–Kier alpha value is -0.450. The summed E-state index contributed by atoms with van der Waals surface area (Å²) in [4.78, 5) is 8.26. The van der Waals surface area contributed by atoms with Crippen molar-refractivity contribution in [1.29, 1.82) is 0 Å². The number of hydrogen-bond acceptors (Lipinski definition) is 4. The maximum Gasteiger partial charge on any atom is 0.110 e. The van der Waals surface area contributed by atoms with Crippen molar-refractivity contribution in [3.05, 3.63) is 16.1 Å². The summed E-state index contributed by atoms with van der Waals surface area (Å²) in [5.41, 5.74) is 5.66. The van der Waals surface area contributed by atoms with Crippen LogP contribution in [0.15, 0.2) is 6.20 Å². The molecule has 0 bridgehead atoms. The molecule has 15 heavy (non-hydrogen) atoms. The molecule has 0 saturated carbocycles. The van der Waals surface area contributed by atoms with Crippen LogP contribution in [0.25, 0.3) is 0 Å². The predicted octanol–water partition coefficient (Wildman–Crippen LogP) is 1.97. The van der Waals surface area contributed by atoms with Gasteiger partial charge >= 0.3 is 0 Å². The van der Waals surface area contributed by atoms with Gasteiger partial charge in [0.1, 0.15) is 5.01 Å². The van der Waals surface area contributed by atoms with E-state index in [4.69, 9.17) is 5.73 Å². The second kappa shape index (κ2) is 4.60. The third kappa shape index (κ3) is 2.22. The highest BCUT2D eigenvalue weighted by Gasteiger charge is 2.25. The van der Waals surface area contributed by atoms with Gasteiger partial charge < -0.3 is 5.73 Å². The topological polar surface area (TPSA) is 42.1 Å². The van der Waals surface area contributed by atoms with Crippen LogP contribution in [0.3, 0.4) is 0 Å². The molecule has 2 rings (SSSR count). The standard InChI is InChI=1S/C11H19N3S/c1-8(6-12)10-7-13-11(15-10)9-4-3-5-14(9)2/h7-9H,3-6,12H2,1-2H3. The van der Waals surface area contributed by atoms with Gasteiger partial charge in [0.05, 0.1) is 6.04 Å². The quantitative estimate of drug-likeness (QED) is 0.855. The highest BCUT2D eigenvalue weighted by molar-refractivity contribution is 7.11. The van der Waals surface area contributed by atoms with E-state index in [0.717, 1.165) is 0 Å². The molecule has 0 aliphatic carbocycles. The Bertz CT molecular complexity index is 323. The second-order valence-corrected chi connectivity index (χ2v) is 5.47. The molecular formula is C11H19N3S. The van der Waals surface area contributed by atoms with Crippen LogP contribution < -0.4 is 5.73 Å². The summed E-state index contributed by atoms with van der Waals surface area (Å²) in [7, 11) is 2.19. The molecule has 0 amide bonds. The van der Waals surface area contributed by atoms with Crippen molar-refractivity contribution in [2.45, 2.75) is 31.7 Å². The van der Waals surface area contributed by atoms with Gasteiger partial charge in [-0.25, -0.2) is 4.98 Å².